The second-order valence-electron chi connectivity index (χ2n) is 14.5. The smallest absolute Gasteiger partial charge is 0.456 e. The molecule has 6 nitrogen and oxygen atoms in total. The van der Waals surface area contributed by atoms with Crippen LogP contribution in [0.5, 0.6) is 0 Å². The molecule has 0 fully saturated rings. The van der Waals surface area contributed by atoms with Crippen LogP contribution in [0, 0.1) is 0 Å². The van der Waals surface area contributed by atoms with Gasteiger partial charge in [-0.25, -0.2) is 9.78 Å². The molecular formula is C34H70O6Si5. The fourth-order valence-corrected chi connectivity index (χ4v) is 17.0. The Bertz CT molecular complexity index is 857. The average Bonchev–Trinajstić information content (AvgIpc) is 3.01. The summed E-state index contributed by atoms with van der Waals surface area (Å²) in [5.74, 6) is 0. The van der Waals surface area contributed by atoms with Gasteiger partial charge in [0.1, 0.15) is 0 Å². The van der Waals surface area contributed by atoms with Gasteiger partial charge in [0.15, 0.2) is 8.32 Å². The maximum absolute atomic E-state index is 6.48. The number of rotatable bonds is 29. The van der Waals surface area contributed by atoms with Crippen molar-refractivity contribution in [3.63, 3.8) is 0 Å². The van der Waals surface area contributed by atoms with Crippen molar-refractivity contribution in [3.8, 4) is 0 Å². The molecule has 1 rings (SSSR count). The second-order valence-corrected chi connectivity index (χ2v) is 32.9. The van der Waals surface area contributed by atoms with E-state index >= 15 is 0 Å². The minimum absolute atomic E-state index is 0.613. The summed E-state index contributed by atoms with van der Waals surface area (Å²) in [6.07, 6.45) is 14.3. The van der Waals surface area contributed by atoms with Crippen molar-refractivity contribution in [2.24, 2.45) is 0 Å². The lowest BCUT2D eigenvalue weighted by Crippen LogP contribution is -2.45. The van der Waals surface area contributed by atoms with Gasteiger partial charge in [-0.15, -0.1) is 0 Å². The van der Waals surface area contributed by atoms with Crippen LogP contribution in [0.4, 0.5) is 0 Å². The Labute approximate surface area is 285 Å². The fraction of sp³-hybridized carbons (Fsp3) is 0.824. The van der Waals surface area contributed by atoms with Gasteiger partial charge in [-0.3, -0.25) is 0 Å². The van der Waals surface area contributed by atoms with Crippen LogP contribution in [0.15, 0.2) is 24.3 Å². The summed E-state index contributed by atoms with van der Waals surface area (Å²) < 4.78 is 23.2. The number of hydrogen-bond donors (Lipinski definition) is 0. The molecule has 0 bridgehead atoms. The highest BCUT2D eigenvalue weighted by Gasteiger charge is 2.38. The van der Waals surface area contributed by atoms with E-state index in [4.69, 9.17) is 27.2 Å². The monoisotopic (exact) mass is 714 g/mol. The zero-order valence-electron chi connectivity index (χ0n) is 31.0. The second kappa shape index (κ2) is 23.4. The molecule has 0 spiro atoms. The first-order valence-corrected chi connectivity index (χ1v) is 30.4. The van der Waals surface area contributed by atoms with Gasteiger partial charge in [0.05, 0.1) is 29.4 Å². The van der Waals surface area contributed by atoms with Crippen LogP contribution in [0.25, 0.3) is 0 Å². The SMILES string of the molecule is CCOOCCCCCCCCCCC[Si](C)(C)c1ccc([Si](C)(C)CCC[Si]O[Si](C)(C)CCC[Si](OC)(OC)OC)cc1. The van der Waals surface area contributed by atoms with E-state index in [2.05, 4.69) is 63.5 Å². The van der Waals surface area contributed by atoms with Crippen molar-refractivity contribution in [1.29, 1.82) is 0 Å². The van der Waals surface area contributed by atoms with Crippen molar-refractivity contribution in [2.75, 3.05) is 34.5 Å². The number of hydrogen-bond acceptors (Lipinski definition) is 6. The Morgan fingerprint density at radius 3 is 1.49 bits per heavy atom. The van der Waals surface area contributed by atoms with E-state index in [1.807, 2.05) is 6.92 Å². The largest absolute Gasteiger partial charge is 0.500 e. The van der Waals surface area contributed by atoms with Gasteiger partial charge in [0.2, 0.25) is 9.76 Å². The Balaban J connectivity index is 2.30. The molecule has 0 aliphatic carbocycles. The molecule has 2 radical (unpaired) electrons. The first-order chi connectivity index (χ1) is 21.4. The molecule has 0 aromatic heterocycles. The van der Waals surface area contributed by atoms with Crippen molar-refractivity contribution >= 4 is 53.4 Å². The molecule has 1 aromatic rings. The molecule has 0 saturated carbocycles. The van der Waals surface area contributed by atoms with Crippen molar-refractivity contribution in [2.45, 2.75) is 147 Å². The summed E-state index contributed by atoms with van der Waals surface area (Å²) in [7, 11) is -1.29. The minimum atomic E-state index is -2.48. The average molecular weight is 715 g/mol. The molecule has 0 saturated heterocycles. The van der Waals surface area contributed by atoms with E-state index in [-0.39, 0.29) is 0 Å². The van der Waals surface area contributed by atoms with E-state index < -0.39 is 33.3 Å². The van der Waals surface area contributed by atoms with Gasteiger partial charge in [-0.05, 0) is 44.9 Å². The summed E-state index contributed by atoms with van der Waals surface area (Å²) in [6.45, 7) is 18.2. The number of unbranched alkanes of at least 4 members (excludes halogenated alkanes) is 8. The van der Waals surface area contributed by atoms with Crippen LogP contribution < -0.4 is 10.4 Å². The van der Waals surface area contributed by atoms with E-state index in [1.165, 1.54) is 75.9 Å². The van der Waals surface area contributed by atoms with Gasteiger partial charge in [-0.1, -0.05) is 131 Å². The molecule has 11 heteroatoms. The Kier molecular flexibility index (Phi) is 22.4. The van der Waals surface area contributed by atoms with E-state index in [1.54, 1.807) is 31.7 Å². The molecular weight excluding hydrogens is 645 g/mol. The standard InChI is InChI=1S/C34H70O6Si5/c1-11-38-39-27-19-17-15-13-12-14-16-18-20-29-42(5,6)33-23-25-34(26-24-33)43(7,8)30-21-28-41-40-44(9,10)31-22-32-45(35-2,36-3)37-4/h23-26H,11-22,27-32H2,1-10H3. The highest BCUT2D eigenvalue weighted by Crippen LogP contribution is 2.23. The third-order valence-corrected chi connectivity index (χ3v) is 24.0. The first-order valence-electron chi connectivity index (χ1n) is 17.8. The first kappa shape index (κ1) is 43.1. The normalized spacial score (nSPS) is 13.1. The third-order valence-electron chi connectivity index (χ3n) is 9.30. The van der Waals surface area contributed by atoms with Crippen molar-refractivity contribution < 1.29 is 27.2 Å². The molecule has 0 aliphatic heterocycles. The maximum Gasteiger partial charge on any atom is 0.500 e. The van der Waals surface area contributed by atoms with Crippen molar-refractivity contribution in [3.05, 3.63) is 24.3 Å². The molecule has 0 atom stereocenters. The van der Waals surface area contributed by atoms with Gasteiger partial charge in [0.25, 0.3) is 0 Å². The predicted octanol–water partition coefficient (Wildman–Crippen LogP) is 8.91. The molecule has 0 N–H and O–H groups in total. The summed E-state index contributed by atoms with van der Waals surface area (Å²) in [5, 5.41) is 3.24. The highest BCUT2D eigenvalue weighted by molar-refractivity contribution is 6.91. The topological polar surface area (TPSA) is 55.4 Å². The number of benzene rings is 1. The quantitative estimate of drug-likeness (QED) is 0.0358. The van der Waals surface area contributed by atoms with Gasteiger partial charge in [0, 0.05) is 27.4 Å². The van der Waals surface area contributed by atoms with Crippen LogP contribution in [0.2, 0.25) is 69.5 Å². The molecule has 262 valence electrons. The third kappa shape index (κ3) is 18.4. The van der Waals surface area contributed by atoms with Gasteiger partial charge in [-0.2, -0.15) is 0 Å². The summed E-state index contributed by atoms with van der Waals surface area (Å²) in [6, 6.07) is 15.8. The van der Waals surface area contributed by atoms with Crippen molar-refractivity contribution in [1.82, 2.24) is 0 Å². The maximum atomic E-state index is 6.48. The van der Waals surface area contributed by atoms with Crippen LogP contribution >= 0.6 is 0 Å². The molecule has 0 amide bonds. The lowest BCUT2D eigenvalue weighted by molar-refractivity contribution is -0.291. The minimum Gasteiger partial charge on any atom is -0.456 e. The fourth-order valence-electron chi connectivity index (χ4n) is 5.96. The zero-order valence-corrected chi connectivity index (χ0v) is 36.0. The molecule has 0 unspecified atom stereocenters. The van der Waals surface area contributed by atoms with Crippen LogP contribution in [0.3, 0.4) is 0 Å². The zero-order chi connectivity index (χ0) is 33.7. The Hall–Kier alpha value is 0.0644. The van der Waals surface area contributed by atoms with Gasteiger partial charge >= 0.3 is 8.80 Å². The molecule has 0 aliphatic rings. The molecule has 1 aromatic carbocycles. The van der Waals surface area contributed by atoms with E-state index in [0.29, 0.717) is 16.4 Å². The predicted molar refractivity (Wildman–Crippen MR) is 204 cm³/mol. The van der Waals surface area contributed by atoms with Crippen LogP contribution in [-0.2, 0) is 27.2 Å². The van der Waals surface area contributed by atoms with Crippen LogP contribution in [0.1, 0.15) is 77.6 Å². The van der Waals surface area contributed by atoms with E-state index in [9.17, 15) is 0 Å². The Morgan fingerprint density at radius 1 is 0.533 bits per heavy atom. The molecule has 45 heavy (non-hydrogen) atoms. The Morgan fingerprint density at radius 2 is 1.00 bits per heavy atom. The summed E-state index contributed by atoms with van der Waals surface area (Å²) in [4.78, 5) is 10.0. The molecule has 0 heterocycles. The van der Waals surface area contributed by atoms with E-state index in [0.717, 1.165) is 31.5 Å². The lowest BCUT2D eigenvalue weighted by Gasteiger charge is -2.28. The summed E-state index contributed by atoms with van der Waals surface area (Å²) in [5.41, 5.74) is 0. The van der Waals surface area contributed by atoms with Gasteiger partial charge < -0.3 is 17.4 Å². The van der Waals surface area contributed by atoms with Crippen LogP contribution in [-0.4, -0.2) is 77.6 Å². The highest BCUT2D eigenvalue weighted by atomic mass is 28.4. The lowest BCUT2D eigenvalue weighted by atomic mass is 10.1. The summed E-state index contributed by atoms with van der Waals surface area (Å²) >= 11 is 0.